The van der Waals surface area contributed by atoms with E-state index >= 15 is 0 Å². The van der Waals surface area contributed by atoms with Crippen LogP contribution in [-0.4, -0.2) is 21.0 Å². The van der Waals surface area contributed by atoms with E-state index in [1.54, 1.807) is 6.07 Å². The molecule has 0 radical (unpaired) electrons. The van der Waals surface area contributed by atoms with E-state index in [0.29, 0.717) is 28.2 Å². The molecule has 0 heterocycles. The second-order valence-electron chi connectivity index (χ2n) is 9.81. The molecule has 0 spiro atoms. The Morgan fingerprint density at radius 2 is 1.79 bits per heavy atom. The number of benzene rings is 2. The van der Waals surface area contributed by atoms with Crippen LogP contribution < -0.4 is 0 Å². The fraction of sp³-hybridized carbons (Fsp3) is 0.560. The third-order valence-electron chi connectivity index (χ3n) is 6.06. The zero-order chi connectivity index (χ0) is 21.3. The molecule has 0 aliphatic heterocycles. The summed E-state index contributed by atoms with van der Waals surface area (Å²) < 4.78 is 19.1. The van der Waals surface area contributed by atoms with E-state index < -0.39 is 15.5 Å². The predicted octanol–water partition coefficient (Wildman–Crippen LogP) is 6.36. The maximum absolute atomic E-state index is 13.4. The fourth-order valence-electron chi connectivity index (χ4n) is 4.36. The summed E-state index contributed by atoms with van der Waals surface area (Å²) in [5.74, 6) is 1.07. The zero-order valence-corrected chi connectivity index (χ0v) is 19.3. The van der Waals surface area contributed by atoms with E-state index in [0.717, 1.165) is 23.6 Å². The molecule has 29 heavy (non-hydrogen) atoms. The Kier molecular flexibility index (Phi) is 6.52. The van der Waals surface area contributed by atoms with Gasteiger partial charge < -0.3 is 4.74 Å². The van der Waals surface area contributed by atoms with Crippen LogP contribution in [0.4, 0.5) is 0 Å². The number of hydrogen-bond donors (Lipinski definition) is 0. The van der Waals surface area contributed by atoms with E-state index in [1.165, 1.54) is 6.42 Å². The minimum Gasteiger partial charge on any atom is -0.458 e. The molecule has 1 aliphatic rings. The van der Waals surface area contributed by atoms with Gasteiger partial charge in [-0.05, 0) is 68.2 Å². The standard InChI is InChI=1S/C25H34O3S/c1-16(2)19-13-11-17(3)15-22(19)28-24(26)21-14-12-18-9-7-8-10-20(18)23(21)29(27)25(4,5)6/h7-10,12,14,16-17,19,22H,11,13,15H2,1-6H3/t17-,19+,22-,29+/m1/s1. The van der Waals surface area contributed by atoms with Crippen molar-refractivity contribution in [2.45, 2.75) is 76.6 Å². The number of carbonyl (C=O) groups excluding carboxylic acids is 1. The molecule has 2 aromatic carbocycles. The minimum absolute atomic E-state index is 0.0753. The van der Waals surface area contributed by atoms with Gasteiger partial charge in [-0.15, -0.1) is 0 Å². The Bertz CT molecular complexity index is 910. The average Bonchev–Trinajstić information content (AvgIpc) is 2.65. The van der Waals surface area contributed by atoms with E-state index in [1.807, 2.05) is 51.1 Å². The first kappa shape index (κ1) is 22.0. The Morgan fingerprint density at radius 3 is 2.45 bits per heavy atom. The third-order valence-corrected chi connectivity index (χ3v) is 7.98. The summed E-state index contributed by atoms with van der Waals surface area (Å²) in [5, 5.41) is 1.86. The van der Waals surface area contributed by atoms with Crippen LogP contribution in [0.5, 0.6) is 0 Å². The molecule has 0 unspecified atom stereocenters. The highest BCUT2D eigenvalue weighted by molar-refractivity contribution is 7.86. The van der Waals surface area contributed by atoms with Crippen LogP contribution in [0.15, 0.2) is 41.3 Å². The fourth-order valence-corrected chi connectivity index (χ4v) is 5.71. The van der Waals surface area contributed by atoms with E-state index in [2.05, 4.69) is 20.8 Å². The summed E-state index contributed by atoms with van der Waals surface area (Å²) in [7, 11) is -1.34. The molecule has 1 fully saturated rings. The zero-order valence-electron chi connectivity index (χ0n) is 18.5. The van der Waals surface area contributed by atoms with Crippen molar-refractivity contribution in [3.8, 4) is 0 Å². The highest BCUT2D eigenvalue weighted by atomic mass is 32.2. The van der Waals surface area contributed by atoms with Crippen molar-refractivity contribution >= 4 is 27.5 Å². The van der Waals surface area contributed by atoms with Crippen LogP contribution >= 0.6 is 0 Å². The van der Waals surface area contributed by atoms with Crippen molar-refractivity contribution < 1.29 is 13.7 Å². The van der Waals surface area contributed by atoms with Crippen LogP contribution in [0.25, 0.3) is 10.8 Å². The van der Waals surface area contributed by atoms with Crippen LogP contribution in [0.1, 0.15) is 71.2 Å². The van der Waals surface area contributed by atoms with Crippen molar-refractivity contribution in [2.24, 2.45) is 17.8 Å². The van der Waals surface area contributed by atoms with E-state index in [-0.39, 0.29) is 12.1 Å². The van der Waals surface area contributed by atoms with Gasteiger partial charge in [-0.1, -0.05) is 57.5 Å². The Hall–Kier alpha value is -1.68. The monoisotopic (exact) mass is 414 g/mol. The molecule has 3 nitrogen and oxygen atoms in total. The van der Waals surface area contributed by atoms with Gasteiger partial charge in [0.1, 0.15) is 6.10 Å². The Morgan fingerprint density at radius 1 is 1.10 bits per heavy atom. The average molecular weight is 415 g/mol. The summed E-state index contributed by atoms with van der Waals surface area (Å²) >= 11 is 0. The molecule has 0 bridgehead atoms. The number of hydrogen-bond acceptors (Lipinski definition) is 3. The van der Waals surface area contributed by atoms with E-state index in [9.17, 15) is 9.00 Å². The molecule has 0 saturated heterocycles. The van der Waals surface area contributed by atoms with Gasteiger partial charge in [0.05, 0.1) is 21.3 Å². The van der Waals surface area contributed by atoms with Gasteiger partial charge in [0.2, 0.25) is 0 Å². The first-order valence-electron chi connectivity index (χ1n) is 10.7. The maximum atomic E-state index is 13.4. The van der Waals surface area contributed by atoms with Crippen LogP contribution in [0.2, 0.25) is 0 Å². The second kappa shape index (κ2) is 8.59. The molecule has 4 heteroatoms. The van der Waals surface area contributed by atoms with Crippen LogP contribution in [0, 0.1) is 17.8 Å². The number of rotatable bonds is 4. The molecule has 3 rings (SSSR count). The highest BCUT2D eigenvalue weighted by Gasteiger charge is 2.35. The quantitative estimate of drug-likeness (QED) is 0.546. The van der Waals surface area contributed by atoms with Gasteiger partial charge in [0, 0.05) is 4.75 Å². The van der Waals surface area contributed by atoms with Gasteiger partial charge in [0.25, 0.3) is 0 Å². The molecule has 1 saturated carbocycles. The van der Waals surface area contributed by atoms with E-state index in [4.69, 9.17) is 4.74 Å². The van der Waals surface area contributed by atoms with Crippen LogP contribution in [0.3, 0.4) is 0 Å². The normalized spacial score (nSPS) is 23.9. The van der Waals surface area contributed by atoms with Crippen molar-refractivity contribution in [3.63, 3.8) is 0 Å². The Labute approximate surface area is 177 Å². The molecule has 0 N–H and O–H groups in total. The van der Waals surface area contributed by atoms with Crippen LogP contribution in [-0.2, 0) is 15.5 Å². The SMILES string of the molecule is CC(C)[C@@H]1CC[C@@H](C)C[C@H]1OC(=O)c1ccc2ccccc2c1[S@](=O)C(C)(C)C. The summed E-state index contributed by atoms with van der Waals surface area (Å²) in [6.07, 6.45) is 3.11. The molecule has 1 aliphatic carbocycles. The van der Waals surface area contributed by atoms with Gasteiger partial charge in [0.15, 0.2) is 0 Å². The first-order valence-corrected chi connectivity index (χ1v) is 11.9. The molecular formula is C25H34O3S. The van der Waals surface area contributed by atoms with Gasteiger partial charge in [-0.25, -0.2) is 4.79 Å². The molecule has 158 valence electrons. The lowest BCUT2D eigenvalue weighted by Crippen LogP contribution is -2.36. The summed E-state index contributed by atoms with van der Waals surface area (Å²) in [6.45, 7) is 12.5. The topological polar surface area (TPSA) is 43.4 Å². The minimum atomic E-state index is -1.34. The van der Waals surface area contributed by atoms with Crippen molar-refractivity contribution in [3.05, 3.63) is 42.0 Å². The van der Waals surface area contributed by atoms with Crippen molar-refractivity contribution in [1.82, 2.24) is 0 Å². The summed E-state index contributed by atoms with van der Waals surface area (Å²) in [4.78, 5) is 13.9. The lowest BCUT2D eigenvalue weighted by Gasteiger charge is -2.36. The van der Waals surface area contributed by atoms with Gasteiger partial charge >= 0.3 is 5.97 Å². The van der Waals surface area contributed by atoms with Crippen molar-refractivity contribution in [1.29, 1.82) is 0 Å². The molecule has 0 aromatic heterocycles. The lowest BCUT2D eigenvalue weighted by atomic mass is 9.75. The smallest absolute Gasteiger partial charge is 0.339 e. The number of ether oxygens (including phenoxy) is 1. The second-order valence-corrected chi connectivity index (χ2v) is 12.0. The molecular weight excluding hydrogens is 380 g/mol. The molecule has 4 atom stereocenters. The largest absolute Gasteiger partial charge is 0.458 e. The summed E-state index contributed by atoms with van der Waals surface area (Å²) in [5.41, 5.74) is 0.442. The Balaban J connectivity index is 2.02. The van der Waals surface area contributed by atoms with Gasteiger partial charge in [-0.3, -0.25) is 4.21 Å². The predicted molar refractivity (Wildman–Crippen MR) is 121 cm³/mol. The molecule has 2 aromatic rings. The number of esters is 1. The number of carbonyl (C=O) groups is 1. The van der Waals surface area contributed by atoms with Gasteiger partial charge in [-0.2, -0.15) is 0 Å². The lowest BCUT2D eigenvalue weighted by molar-refractivity contribution is -0.0176. The summed E-state index contributed by atoms with van der Waals surface area (Å²) in [6, 6.07) is 11.5. The maximum Gasteiger partial charge on any atom is 0.339 e. The first-order chi connectivity index (χ1) is 13.6. The van der Waals surface area contributed by atoms with Crippen molar-refractivity contribution in [2.75, 3.05) is 0 Å². The third kappa shape index (κ3) is 4.74. The number of fused-ring (bicyclic) bond motifs is 1. The highest BCUT2D eigenvalue weighted by Crippen LogP contribution is 2.37. The molecule has 0 amide bonds.